The lowest BCUT2D eigenvalue weighted by Crippen LogP contribution is -2.47. The van der Waals surface area contributed by atoms with Crippen molar-refractivity contribution in [2.24, 2.45) is 0 Å². The van der Waals surface area contributed by atoms with Crippen molar-refractivity contribution < 1.29 is 29.1 Å². The maximum absolute atomic E-state index is 14.7. The van der Waals surface area contributed by atoms with E-state index >= 15 is 0 Å². The molecule has 4 heterocycles. The Balaban J connectivity index is 1.24. The molecule has 1 aliphatic carbocycles. The Hall–Kier alpha value is -6.03. The molecule has 274 valence electrons. The van der Waals surface area contributed by atoms with Crippen LogP contribution in [0, 0.1) is 0 Å². The molecule has 4 aliphatic heterocycles. The Bertz CT molecular complexity index is 2720. The zero-order valence-corrected chi connectivity index (χ0v) is 30.3. The van der Waals surface area contributed by atoms with Gasteiger partial charge in [0.1, 0.15) is 0 Å². The normalized spacial score (nSPS) is 19.1. The summed E-state index contributed by atoms with van der Waals surface area (Å²) in [5, 5.41) is 16.2. The molecule has 1 N–H and O–H groups in total. The van der Waals surface area contributed by atoms with E-state index in [2.05, 4.69) is 9.80 Å². The molecule has 10 nitrogen and oxygen atoms in total. The van der Waals surface area contributed by atoms with Gasteiger partial charge in [-0.2, -0.15) is 0 Å². The molecule has 11 rings (SSSR count). The maximum atomic E-state index is 14.7. The SMILES string of the molecule is O=C(O)c1ccc(N2C(=O)c3ccc4c5c(N6CCCC6)cc6c7c(ccc(c8c(N9CCCC9)cc(c3c48)C2=O)c75)C(=O)N(C2CCCCC2)C6=O)cc1. The van der Waals surface area contributed by atoms with Crippen molar-refractivity contribution in [3.63, 3.8) is 0 Å². The van der Waals surface area contributed by atoms with E-state index in [4.69, 9.17) is 0 Å². The largest absolute Gasteiger partial charge is 0.478 e. The summed E-state index contributed by atoms with van der Waals surface area (Å²) in [6.45, 7) is 3.29. The van der Waals surface area contributed by atoms with E-state index < -0.39 is 17.8 Å². The Morgan fingerprint density at radius 3 is 1.51 bits per heavy atom. The molecule has 6 aromatic rings. The third kappa shape index (κ3) is 4.39. The van der Waals surface area contributed by atoms with Crippen molar-refractivity contribution in [2.75, 3.05) is 40.9 Å². The van der Waals surface area contributed by atoms with Crippen LogP contribution in [0.4, 0.5) is 17.1 Å². The van der Waals surface area contributed by atoms with Gasteiger partial charge in [0.2, 0.25) is 0 Å². The van der Waals surface area contributed by atoms with Gasteiger partial charge in [-0.1, -0.05) is 31.4 Å². The number of carboxylic acids is 1. The molecule has 3 fully saturated rings. The number of carbonyl (C=O) groups is 5. The number of hydrogen-bond acceptors (Lipinski definition) is 7. The second kappa shape index (κ2) is 11.7. The molecule has 6 aromatic carbocycles. The van der Waals surface area contributed by atoms with Gasteiger partial charge in [-0.25, -0.2) is 9.69 Å². The van der Waals surface area contributed by atoms with Gasteiger partial charge in [0, 0.05) is 87.0 Å². The quantitative estimate of drug-likeness (QED) is 0.107. The van der Waals surface area contributed by atoms with Crippen LogP contribution in [0.5, 0.6) is 0 Å². The van der Waals surface area contributed by atoms with E-state index in [0.717, 1.165) is 133 Å². The number of carbonyl (C=O) groups excluding carboxylic acids is 4. The number of imide groups is 2. The minimum absolute atomic E-state index is 0.0635. The number of fused-ring (bicyclic) bond motifs is 2. The van der Waals surface area contributed by atoms with Gasteiger partial charge in [-0.3, -0.25) is 24.1 Å². The first-order valence-corrected chi connectivity index (χ1v) is 19.7. The fourth-order valence-electron chi connectivity index (χ4n) is 10.5. The van der Waals surface area contributed by atoms with Crippen LogP contribution in [0.15, 0.2) is 60.7 Å². The lowest BCUT2D eigenvalue weighted by molar-refractivity contribution is 0.0501. The monoisotopic (exact) mass is 730 g/mol. The van der Waals surface area contributed by atoms with Crippen molar-refractivity contribution in [3.05, 3.63) is 88.5 Å². The number of nitrogens with zero attached hydrogens (tertiary/aromatic N) is 4. The lowest BCUT2D eigenvalue weighted by Gasteiger charge is -2.37. The second-order valence-electron chi connectivity index (χ2n) is 15.9. The van der Waals surface area contributed by atoms with Crippen molar-refractivity contribution in [2.45, 2.75) is 63.8 Å². The van der Waals surface area contributed by atoms with Crippen molar-refractivity contribution >= 4 is 89.7 Å². The summed E-state index contributed by atoms with van der Waals surface area (Å²) in [4.78, 5) is 77.4. The summed E-state index contributed by atoms with van der Waals surface area (Å²) in [6, 6.07) is 17.4. The van der Waals surface area contributed by atoms with E-state index in [1.54, 1.807) is 4.90 Å². The first-order chi connectivity index (χ1) is 26.8. The summed E-state index contributed by atoms with van der Waals surface area (Å²) >= 11 is 0. The number of anilines is 3. The molecule has 0 radical (unpaired) electrons. The summed E-state index contributed by atoms with van der Waals surface area (Å²) in [5.41, 5.74) is 4.17. The average molecular weight is 731 g/mol. The van der Waals surface area contributed by atoms with E-state index in [-0.39, 0.29) is 23.4 Å². The van der Waals surface area contributed by atoms with E-state index in [1.807, 2.05) is 36.4 Å². The first kappa shape index (κ1) is 32.4. The lowest BCUT2D eigenvalue weighted by atomic mass is 9.80. The average Bonchev–Trinajstić information content (AvgIpc) is 3.95. The van der Waals surface area contributed by atoms with Gasteiger partial charge >= 0.3 is 5.97 Å². The maximum Gasteiger partial charge on any atom is 0.335 e. The third-order valence-corrected chi connectivity index (χ3v) is 13.0. The number of benzene rings is 6. The van der Waals surface area contributed by atoms with Crippen LogP contribution in [0.1, 0.15) is 110 Å². The minimum atomic E-state index is -1.09. The van der Waals surface area contributed by atoms with Gasteiger partial charge in [0.15, 0.2) is 0 Å². The second-order valence-corrected chi connectivity index (χ2v) is 15.9. The van der Waals surface area contributed by atoms with Crippen LogP contribution >= 0.6 is 0 Å². The number of aromatic carboxylic acids is 1. The van der Waals surface area contributed by atoms with E-state index in [9.17, 15) is 29.1 Å². The highest BCUT2D eigenvalue weighted by atomic mass is 16.4. The van der Waals surface area contributed by atoms with Crippen LogP contribution in [-0.4, -0.2) is 71.8 Å². The van der Waals surface area contributed by atoms with E-state index in [0.29, 0.717) is 38.7 Å². The molecule has 2 saturated heterocycles. The molecule has 4 amide bonds. The molecule has 0 atom stereocenters. The molecule has 1 saturated carbocycles. The van der Waals surface area contributed by atoms with Gasteiger partial charge in [0.25, 0.3) is 23.6 Å². The topological polar surface area (TPSA) is 119 Å². The highest BCUT2D eigenvalue weighted by Gasteiger charge is 2.42. The predicted octanol–water partition coefficient (Wildman–Crippen LogP) is 8.37. The molecule has 55 heavy (non-hydrogen) atoms. The Morgan fingerprint density at radius 2 is 0.982 bits per heavy atom. The van der Waals surface area contributed by atoms with Gasteiger partial charge < -0.3 is 14.9 Å². The number of carboxylic acid groups (broad SMARTS) is 1. The summed E-state index contributed by atoms with van der Waals surface area (Å²) < 4.78 is 0. The molecule has 0 spiro atoms. The molecule has 0 bridgehead atoms. The van der Waals surface area contributed by atoms with Gasteiger partial charge in [-0.15, -0.1) is 0 Å². The molecule has 0 aromatic heterocycles. The van der Waals surface area contributed by atoms with Gasteiger partial charge in [-0.05, 0) is 97.8 Å². The van der Waals surface area contributed by atoms with Crippen LogP contribution in [0.2, 0.25) is 0 Å². The fraction of sp³-hybridized carbons (Fsp3) is 0.311. The number of hydrogen-bond donors (Lipinski definition) is 1. The molecule has 5 aliphatic rings. The molecular weight excluding hydrogens is 693 g/mol. The van der Waals surface area contributed by atoms with Crippen molar-refractivity contribution in [3.8, 4) is 0 Å². The van der Waals surface area contributed by atoms with Crippen LogP contribution in [0.25, 0.3) is 43.1 Å². The standard InChI is InChI=1S/C45H38N4O6/c50-41-29-16-14-27-38-34(47-20-6-7-21-47)23-32-36-30(42(51)49(44(32)53)26-12-10-24(11-13-26)45(54)55)17-15-28(40(36)38)37-33(46-18-4-5-19-46)22-31(35(29)39(27)37)43(52)48(41)25-8-2-1-3-9-25/h10-17,22-23,25H,1-9,18-21H2,(H,54,55). The fourth-order valence-corrected chi connectivity index (χ4v) is 10.5. The summed E-state index contributed by atoms with van der Waals surface area (Å²) in [5.74, 6) is -2.45. The minimum Gasteiger partial charge on any atom is -0.478 e. The highest BCUT2D eigenvalue weighted by molar-refractivity contribution is 6.46. The third-order valence-electron chi connectivity index (χ3n) is 13.0. The zero-order chi connectivity index (χ0) is 37.3. The Labute approximate surface area is 316 Å². The predicted molar refractivity (Wildman–Crippen MR) is 212 cm³/mol. The summed E-state index contributed by atoms with van der Waals surface area (Å²) in [6.07, 6.45) is 8.84. The van der Waals surface area contributed by atoms with Crippen LogP contribution in [-0.2, 0) is 0 Å². The number of rotatable bonds is 5. The van der Waals surface area contributed by atoms with Gasteiger partial charge in [0.05, 0.1) is 22.4 Å². The smallest absolute Gasteiger partial charge is 0.335 e. The zero-order valence-electron chi connectivity index (χ0n) is 30.3. The molecule has 0 unspecified atom stereocenters. The highest BCUT2D eigenvalue weighted by Crippen LogP contribution is 2.53. The van der Waals surface area contributed by atoms with E-state index in [1.165, 1.54) is 24.3 Å². The van der Waals surface area contributed by atoms with Crippen molar-refractivity contribution in [1.29, 1.82) is 0 Å². The summed E-state index contributed by atoms with van der Waals surface area (Å²) in [7, 11) is 0. The first-order valence-electron chi connectivity index (χ1n) is 19.7. The van der Waals surface area contributed by atoms with Crippen molar-refractivity contribution in [1.82, 2.24) is 4.90 Å². The Kier molecular flexibility index (Phi) is 6.91. The molecule has 10 heteroatoms. The number of amides is 4. The van der Waals surface area contributed by atoms with Crippen LogP contribution in [0.3, 0.4) is 0 Å². The van der Waals surface area contributed by atoms with Crippen LogP contribution < -0.4 is 14.7 Å². The molecular formula is C45H38N4O6. The Morgan fingerprint density at radius 1 is 0.509 bits per heavy atom.